The van der Waals surface area contributed by atoms with E-state index in [0.29, 0.717) is 0 Å². The first-order valence-electron chi connectivity index (χ1n) is 21.2. The van der Waals surface area contributed by atoms with Crippen LogP contribution in [0.5, 0.6) is 0 Å². The van der Waals surface area contributed by atoms with Crippen LogP contribution in [0.25, 0.3) is 55.6 Å². The van der Waals surface area contributed by atoms with E-state index in [4.69, 9.17) is 0 Å². The third-order valence-corrected chi connectivity index (χ3v) is 12.6. The van der Waals surface area contributed by atoms with Crippen molar-refractivity contribution in [3.63, 3.8) is 0 Å². The number of anilines is 6. The monoisotopic (exact) mass is 780 g/mol. The van der Waals surface area contributed by atoms with Crippen LogP contribution in [0, 0.1) is 0 Å². The topological polar surface area (TPSA) is 6.48 Å². The average molecular weight is 781 g/mol. The van der Waals surface area contributed by atoms with Gasteiger partial charge in [0, 0.05) is 38.9 Å². The molecule has 0 N–H and O–H groups in total. The van der Waals surface area contributed by atoms with Crippen molar-refractivity contribution in [1.82, 2.24) is 0 Å². The highest BCUT2D eigenvalue weighted by molar-refractivity contribution is 6.15. The number of hydrogen-bond donors (Lipinski definition) is 0. The van der Waals surface area contributed by atoms with Crippen LogP contribution >= 0.6 is 0 Å². The zero-order valence-corrected chi connectivity index (χ0v) is 34.3. The molecule has 2 heteroatoms. The largest absolute Gasteiger partial charge is 0.310 e. The number of hydrogen-bond acceptors (Lipinski definition) is 2. The summed E-state index contributed by atoms with van der Waals surface area (Å²) in [7, 11) is 0. The van der Waals surface area contributed by atoms with E-state index in [2.05, 4.69) is 254 Å². The molecule has 0 aromatic heterocycles. The van der Waals surface area contributed by atoms with Gasteiger partial charge in [0.2, 0.25) is 0 Å². The van der Waals surface area contributed by atoms with Gasteiger partial charge in [-0.2, -0.15) is 0 Å². The molecular formula is C59H44N2. The Hall–Kier alpha value is -7.68. The van der Waals surface area contributed by atoms with E-state index in [9.17, 15) is 0 Å². The minimum atomic E-state index is -0.163. The first-order chi connectivity index (χ1) is 30.0. The van der Waals surface area contributed by atoms with Crippen molar-refractivity contribution in [3.8, 4) is 11.1 Å². The van der Waals surface area contributed by atoms with Crippen LogP contribution in [0.3, 0.4) is 0 Å². The maximum Gasteiger partial charge on any atom is 0.0546 e. The fraction of sp³-hybridized carbons (Fsp3) is 0.0508. The Morgan fingerprint density at radius 3 is 1.56 bits per heavy atom. The minimum Gasteiger partial charge on any atom is -0.310 e. The van der Waals surface area contributed by atoms with Gasteiger partial charge >= 0.3 is 0 Å². The number of nitrogens with zero attached hydrogens (tertiary/aromatic N) is 2. The first kappa shape index (κ1) is 36.4. The standard InChI is InChI=1S/C59H44N2/c1-59(2)55-38-42(32-36-52(55)53-37-35-48(40-56(53)59)60(45-19-5-3-6-20-45)46-21-7-4-8-22-46)29-28-41-30-33-47(34-31-41)61(57-27-15-18-43-16-9-12-24-50(43)57)58-39-44-17-10-11-23-49(44)51-25-13-14-26-54(51)58/h3-40H,1-2H3/b29-28+. The van der Waals surface area contributed by atoms with Gasteiger partial charge in [-0.25, -0.2) is 0 Å². The second-order valence-corrected chi connectivity index (χ2v) is 16.6. The van der Waals surface area contributed by atoms with Gasteiger partial charge < -0.3 is 9.80 Å². The molecule has 0 radical (unpaired) electrons. The summed E-state index contributed by atoms with van der Waals surface area (Å²) in [4.78, 5) is 4.79. The van der Waals surface area contributed by atoms with E-state index in [1.807, 2.05) is 0 Å². The highest BCUT2D eigenvalue weighted by atomic mass is 15.1. The Kier molecular flexibility index (Phi) is 8.86. The number of rotatable bonds is 8. The lowest BCUT2D eigenvalue weighted by Crippen LogP contribution is -2.16. The molecule has 0 amide bonds. The predicted molar refractivity (Wildman–Crippen MR) is 261 cm³/mol. The van der Waals surface area contributed by atoms with Gasteiger partial charge in [0.05, 0.1) is 11.4 Å². The van der Waals surface area contributed by atoms with Crippen LogP contribution in [0.2, 0.25) is 0 Å². The zero-order valence-electron chi connectivity index (χ0n) is 34.3. The molecule has 0 fully saturated rings. The van der Waals surface area contributed by atoms with E-state index >= 15 is 0 Å². The van der Waals surface area contributed by atoms with Crippen LogP contribution in [-0.4, -0.2) is 0 Å². The Morgan fingerprint density at radius 1 is 0.328 bits per heavy atom. The molecule has 290 valence electrons. The molecule has 0 atom stereocenters. The van der Waals surface area contributed by atoms with Crippen molar-refractivity contribution < 1.29 is 0 Å². The predicted octanol–water partition coefficient (Wildman–Crippen LogP) is 16.6. The molecule has 1 aliphatic rings. The number of para-hydroxylation sites is 2. The van der Waals surface area contributed by atoms with Crippen LogP contribution in [-0.2, 0) is 5.41 Å². The zero-order chi connectivity index (χ0) is 40.9. The summed E-state index contributed by atoms with van der Waals surface area (Å²) in [5, 5.41) is 7.40. The summed E-state index contributed by atoms with van der Waals surface area (Å²) in [6.07, 6.45) is 4.50. The molecular weight excluding hydrogens is 737 g/mol. The maximum atomic E-state index is 2.44. The second kappa shape index (κ2) is 14.9. The molecule has 0 bridgehead atoms. The van der Waals surface area contributed by atoms with E-state index in [0.717, 1.165) is 39.7 Å². The molecule has 0 heterocycles. The van der Waals surface area contributed by atoms with Crippen molar-refractivity contribution in [3.05, 3.63) is 241 Å². The number of benzene rings is 10. The lowest BCUT2D eigenvalue weighted by molar-refractivity contribution is 0.660. The third kappa shape index (κ3) is 6.36. The molecule has 0 aliphatic heterocycles. The van der Waals surface area contributed by atoms with Gasteiger partial charge in [-0.3, -0.25) is 0 Å². The second-order valence-electron chi connectivity index (χ2n) is 16.6. The van der Waals surface area contributed by atoms with Crippen LogP contribution in [0.15, 0.2) is 218 Å². The normalized spacial score (nSPS) is 12.8. The molecule has 0 unspecified atom stereocenters. The van der Waals surface area contributed by atoms with Gasteiger partial charge in [-0.05, 0) is 116 Å². The van der Waals surface area contributed by atoms with Gasteiger partial charge in [-0.15, -0.1) is 0 Å². The smallest absolute Gasteiger partial charge is 0.0546 e. The van der Waals surface area contributed by atoms with Crippen LogP contribution in [0.4, 0.5) is 34.1 Å². The van der Waals surface area contributed by atoms with E-state index in [1.165, 1.54) is 60.1 Å². The van der Waals surface area contributed by atoms with Gasteiger partial charge in [0.25, 0.3) is 0 Å². The van der Waals surface area contributed by atoms with Crippen molar-refractivity contribution >= 4 is 78.6 Å². The summed E-state index contributed by atoms with van der Waals surface area (Å²) in [5.41, 5.74) is 14.4. The highest BCUT2D eigenvalue weighted by Crippen LogP contribution is 2.51. The summed E-state index contributed by atoms with van der Waals surface area (Å²) < 4.78 is 0. The van der Waals surface area contributed by atoms with Gasteiger partial charge in [0.1, 0.15) is 0 Å². The van der Waals surface area contributed by atoms with E-state index in [-0.39, 0.29) is 5.41 Å². The van der Waals surface area contributed by atoms with Crippen molar-refractivity contribution in [2.75, 3.05) is 9.80 Å². The molecule has 10 aromatic carbocycles. The highest BCUT2D eigenvalue weighted by Gasteiger charge is 2.36. The molecule has 0 saturated carbocycles. The van der Waals surface area contributed by atoms with Crippen molar-refractivity contribution in [2.24, 2.45) is 0 Å². The van der Waals surface area contributed by atoms with Gasteiger partial charge in [-0.1, -0.05) is 184 Å². The van der Waals surface area contributed by atoms with Crippen molar-refractivity contribution in [2.45, 2.75) is 19.3 Å². The Morgan fingerprint density at radius 2 is 0.836 bits per heavy atom. The first-order valence-corrected chi connectivity index (χ1v) is 21.2. The summed E-state index contributed by atoms with van der Waals surface area (Å²) in [5.74, 6) is 0. The fourth-order valence-electron chi connectivity index (χ4n) is 9.54. The minimum absolute atomic E-state index is 0.163. The Labute approximate surface area is 357 Å². The summed E-state index contributed by atoms with van der Waals surface area (Å²) in [6.45, 7) is 4.73. The van der Waals surface area contributed by atoms with Crippen molar-refractivity contribution in [1.29, 1.82) is 0 Å². The average Bonchev–Trinajstić information content (AvgIpc) is 3.54. The van der Waals surface area contributed by atoms with Gasteiger partial charge in [0.15, 0.2) is 0 Å². The Bertz CT molecular complexity index is 3230. The Balaban J connectivity index is 0.933. The summed E-state index contributed by atoms with van der Waals surface area (Å²) >= 11 is 0. The fourth-order valence-corrected chi connectivity index (χ4v) is 9.54. The summed E-state index contributed by atoms with van der Waals surface area (Å²) in [6, 6.07) is 79.4. The SMILES string of the molecule is CC1(C)c2cc(/C=C/c3ccc(N(c4cccc5ccccc45)c4cc5ccccc5c5ccccc45)cc3)ccc2-c2ccc(N(c3ccccc3)c3ccccc3)cc21. The van der Waals surface area contributed by atoms with E-state index < -0.39 is 0 Å². The molecule has 11 rings (SSSR count). The molecule has 10 aromatic rings. The lowest BCUT2D eigenvalue weighted by Gasteiger charge is -2.29. The maximum absolute atomic E-state index is 2.44. The molecule has 1 aliphatic carbocycles. The lowest BCUT2D eigenvalue weighted by atomic mass is 9.81. The van der Waals surface area contributed by atoms with Crippen LogP contribution < -0.4 is 9.80 Å². The molecule has 2 nitrogen and oxygen atoms in total. The molecule has 0 saturated heterocycles. The van der Waals surface area contributed by atoms with E-state index in [1.54, 1.807) is 0 Å². The quantitative estimate of drug-likeness (QED) is 0.112. The molecule has 0 spiro atoms. The molecule has 61 heavy (non-hydrogen) atoms. The third-order valence-electron chi connectivity index (χ3n) is 12.6. The number of fused-ring (bicyclic) bond motifs is 7. The van der Waals surface area contributed by atoms with Crippen LogP contribution in [0.1, 0.15) is 36.1 Å².